The summed E-state index contributed by atoms with van der Waals surface area (Å²) in [4.78, 5) is 8.75. The van der Waals surface area contributed by atoms with Crippen LogP contribution in [0, 0.1) is 5.82 Å². The van der Waals surface area contributed by atoms with E-state index in [1.807, 2.05) is 13.8 Å². The first-order valence-electron chi connectivity index (χ1n) is 13.2. The molecule has 2 fully saturated rings. The lowest BCUT2D eigenvalue weighted by molar-refractivity contribution is 0.0356. The van der Waals surface area contributed by atoms with E-state index in [1.54, 1.807) is 22.9 Å². The first kappa shape index (κ1) is 28.9. The van der Waals surface area contributed by atoms with Crippen LogP contribution in [0.5, 0.6) is 0 Å². The minimum absolute atomic E-state index is 0.0675. The standard InChI is InChI=1S/C26H38FN5O4S2/c1-20(2)29-25(37)31(10-9-30-11-14-35-15-12-30)17-22-16-28-26(32(22)18-23-7-5-13-36-23)38(33,34)19-21-6-3-4-8-24(21)27/h3-4,6,8,16,20,23H,5,7,9-15,17-19H2,1-2H3,(H,29,37)/t23-/m1/s1. The fourth-order valence-corrected chi connectivity index (χ4v) is 6.62. The van der Waals surface area contributed by atoms with E-state index in [9.17, 15) is 12.8 Å². The number of sulfone groups is 1. The normalized spacial score (nSPS) is 18.7. The molecule has 0 radical (unpaired) electrons. The van der Waals surface area contributed by atoms with Crippen molar-refractivity contribution in [3.63, 3.8) is 0 Å². The predicted octanol–water partition coefficient (Wildman–Crippen LogP) is 2.59. The van der Waals surface area contributed by atoms with Gasteiger partial charge in [0.05, 0.1) is 50.1 Å². The summed E-state index contributed by atoms with van der Waals surface area (Å²) in [5, 5.41) is 3.86. The first-order valence-corrected chi connectivity index (χ1v) is 15.3. The number of ether oxygens (including phenoxy) is 2. The molecule has 4 rings (SSSR count). The molecule has 3 heterocycles. The van der Waals surface area contributed by atoms with Gasteiger partial charge in [0, 0.05) is 44.4 Å². The molecule has 1 atom stereocenters. The second-order valence-electron chi connectivity index (χ2n) is 10.1. The van der Waals surface area contributed by atoms with Crippen molar-refractivity contribution in [3.05, 3.63) is 47.5 Å². The van der Waals surface area contributed by atoms with Crippen molar-refractivity contribution >= 4 is 27.2 Å². The zero-order chi connectivity index (χ0) is 27.1. The Labute approximate surface area is 230 Å². The van der Waals surface area contributed by atoms with Crippen molar-refractivity contribution in [1.82, 2.24) is 24.7 Å². The average molecular weight is 568 g/mol. The molecule has 2 aromatic rings. The Bertz CT molecular complexity index is 1180. The maximum atomic E-state index is 14.3. The number of rotatable bonds is 11. The second kappa shape index (κ2) is 13.3. The first-order chi connectivity index (χ1) is 18.2. The van der Waals surface area contributed by atoms with Gasteiger partial charge in [0.15, 0.2) is 5.11 Å². The summed E-state index contributed by atoms with van der Waals surface area (Å²) in [6, 6.07) is 6.09. The van der Waals surface area contributed by atoms with Crippen molar-refractivity contribution in [3.8, 4) is 0 Å². The van der Waals surface area contributed by atoms with Crippen LogP contribution in [0.15, 0.2) is 35.6 Å². The average Bonchev–Trinajstić information content (AvgIpc) is 3.54. The number of halogens is 1. The van der Waals surface area contributed by atoms with Crippen LogP contribution in [0.4, 0.5) is 4.39 Å². The van der Waals surface area contributed by atoms with Crippen molar-refractivity contribution in [2.45, 2.75) is 62.8 Å². The Kier molecular flexibility index (Phi) is 10.1. The Morgan fingerprint density at radius 1 is 1.26 bits per heavy atom. The number of benzene rings is 1. The van der Waals surface area contributed by atoms with Crippen LogP contribution in [0.25, 0.3) is 0 Å². The molecule has 2 aliphatic heterocycles. The topological polar surface area (TPSA) is 88.9 Å². The van der Waals surface area contributed by atoms with E-state index >= 15 is 0 Å². The Morgan fingerprint density at radius 2 is 2.03 bits per heavy atom. The summed E-state index contributed by atoms with van der Waals surface area (Å²) in [6.07, 6.45) is 3.27. The van der Waals surface area contributed by atoms with E-state index < -0.39 is 21.4 Å². The lowest BCUT2D eigenvalue weighted by Crippen LogP contribution is -2.47. The number of nitrogens with one attached hydrogen (secondary N) is 1. The smallest absolute Gasteiger partial charge is 0.228 e. The number of imidazole rings is 1. The van der Waals surface area contributed by atoms with E-state index in [0.717, 1.165) is 38.2 Å². The van der Waals surface area contributed by atoms with Crippen LogP contribution in [-0.2, 0) is 38.2 Å². The van der Waals surface area contributed by atoms with Gasteiger partial charge in [0.25, 0.3) is 0 Å². The third-order valence-electron chi connectivity index (χ3n) is 6.74. The number of thiocarbonyl (C=S) groups is 1. The van der Waals surface area contributed by atoms with Crippen LogP contribution in [0.2, 0.25) is 0 Å². The number of aromatic nitrogens is 2. The Morgan fingerprint density at radius 3 is 2.71 bits per heavy atom. The molecule has 1 N–H and O–H groups in total. The zero-order valence-corrected chi connectivity index (χ0v) is 23.8. The van der Waals surface area contributed by atoms with Gasteiger partial charge >= 0.3 is 0 Å². The number of hydrogen-bond acceptors (Lipinski definition) is 7. The van der Waals surface area contributed by atoms with Crippen LogP contribution >= 0.6 is 12.2 Å². The molecule has 210 valence electrons. The van der Waals surface area contributed by atoms with Gasteiger partial charge in [-0.05, 0) is 45.0 Å². The number of hydrogen-bond donors (Lipinski definition) is 1. The molecule has 2 aliphatic rings. The monoisotopic (exact) mass is 567 g/mol. The van der Waals surface area contributed by atoms with Crippen molar-refractivity contribution in [1.29, 1.82) is 0 Å². The van der Waals surface area contributed by atoms with E-state index in [0.29, 0.717) is 44.6 Å². The lowest BCUT2D eigenvalue weighted by Gasteiger charge is -2.32. The van der Waals surface area contributed by atoms with Crippen molar-refractivity contribution in [2.75, 3.05) is 46.0 Å². The summed E-state index contributed by atoms with van der Waals surface area (Å²) < 4.78 is 54.4. The Hall–Kier alpha value is -2.12. The maximum absolute atomic E-state index is 14.3. The van der Waals surface area contributed by atoms with Crippen LogP contribution in [0.3, 0.4) is 0 Å². The second-order valence-corrected chi connectivity index (χ2v) is 12.4. The summed E-state index contributed by atoms with van der Waals surface area (Å²) in [5.41, 5.74) is 0.845. The largest absolute Gasteiger partial charge is 0.379 e. The fourth-order valence-electron chi connectivity index (χ4n) is 4.71. The highest BCUT2D eigenvalue weighted by Gasteiger charge is 2.29. The van der Waals surface area contributed by atoms with E-state index in [2.05, 4.69) is 20.1 Å². The van der Waals surface area contributed by atoms with Crippen LogP contribution < -0.4 is 5.32 Å². The molecule has 0 saturated carbocycles. The van der Waals surface area contributed by atoms with Gasteiger partial charge in [-0.25, -0.2) is 17.8 Å². The summed E-state index contributed by atoms with van der Waals surface area (Å²) in [6.45, 7) is 10.1. The molecule has 1 aromatic carbocycles. The predicted molar refractivity (Wildman–Crippen MR) is 147 cm³/mol. The molecule has 12 heteroatoms. The molecule has 0 unspecified atom stereocenters. The SMILES string of the molecule is CC(C)NC(=S)N(CCN1CCOCC1)Cc1cnc(S(=O)(=O)Cc2ccccc2F)n1C[C@H]1CCCO1. The summed E-state index contributed by atoms with van der Waals surface area (Å²) in [5.74, 6) is -1.01. The molecule has 0 amide bonds. The van der Waals surface area contributed by atoms with E-state index in [1.165, 1.54) is 12.1 Å². The van der Waals surface area contributed by atoms with Gasteiger partial charge in [-0.1, -0.05) is 18.2 Å². The zero-order valence-electron chi connectivity index (χ0n) is 22.1. The Balaban J connectivity index is 1.60. The van der Waals surface area contributed by atoms with Gasteiger partial charge in [-0.2, -0.15) is 0 Å². The van der Waals surface area contributed by atoms with Gasteiger partial charge in [-0.3, -0.25) is 4.90 Å². The third kappa shape index (κ3) is 7.72. The van der Waals surface area contributed by atoms with Crippen LogP contribution in [-0.4, -0.2) is 91.0 Å². The van der Waals surface area contributed by atoms with Crippen LogP contribution in [0.1, 0.15) is 37.9 Å². The minimum atomic E-state index is -3.92. The molecule has 0 aliphatic carbocycles. The molecule has 1 aromatic heterocycles. The molecule has 38 heavy (non-hydrogen) atoms. The lowest BCUT2D eigenvalue weighted by atomic mass is 10.2. The maximum Gasteiger partial charge on any atom is 0.228 e. The molecule has 9 nitrogen and oxygen atoms in total. The van der Waals surface area contributed by atoms with Gasteiger partial charge in [-0.15, -0.1) is 0 Å². The molecular weight excluding hydrogens is 529 g/mol. The highest BCUT2D eigenvalue weighted by Crippen LogP contribution is 2.23. The highest BCUT2D eigenvalue weighted by molar-refractivity contribution is 7.90. The molecular formula is C26H38FN5O4S2. The molecule has 0 spiro atoms. The molecule has 0 bridgehead atoms. The summed E-state index contributed by atoms with van der Waals surface area (Å²) in [7, 11) is -3.92. The van der Waals surface area contributed by atoms with Crippen molar-refractivity contribution < 1.29 is 22.3 Å². The highest BCUT2D eigenvalue weighted by atomic mass is 32.2. The van der Waals surface area contributed by atoms with Gasteiger partial charge in [0.1, 0.15) is 5.82 Å². The van der Waals surface area contributed by atoms with Gasteiger partial charge in [0.2, 0.25) is 15.0 Å². The van der Waals surface area contributed by atoms with Gasteiger partial charge < -0.3 is 24.3 Å². The fraction of sp³-hybridized carbons (Fsp3) is 0.615. The summed E-state index contributed by atoms with van der Waals surface area (Å²) >= 11 is 5.74. The number of nitrogens with zero attached hydrogens (tertiary/aromatic N) is 4. The minimum Gasteiger partial charge on any atom is -0.379 e. The number of morpholine rings is 1. The molecule has 2 saturated heterocycles. The third-order valence-corrected chi connectivity index (χ3v) is 8.68. The quantitative estimate of drug-likeness (QED) is 0.412. The van der Waals surface area contributed by atoms with E-state index in [-0.39, 0.29) is 22.9 Å². The van der Waals surface area contributed by atoms with Crippen molar-refractivity contribution in [2.24, 2.45) is 0 Å². The van der Waals surface area contributed by atoms with E-state index in [4.69, 9.17) is 21.7 Å².